The van der Waals surface area contributed by atoms with E-state index in [0.29, 0.717) is 11.7 Å². The van der Waals surface area contributed by atoms with Crippen molar-refractivity contribution < 1.29 is 9.94 Å². The molecule has 0 aliphatic heterocycles. The Bertz CT molecular complexity index is 747. The van der Waals surface area contributed by atoms with Gasteiger partial charge < -0.3 is 14.8 Å². The smallest absolute Gasteiger partial charge is 0.219 e. The van der Waals surface area contributed by atoms with Crippen LogP contribution in [0.5, 0.6) is 11.6 Å². The summed E-state index contributed by atoms with van der Waals surface area (Å²) in [4.78, 5) is 6.55. The van der Waals surface area contributed by atoms with Crippen LogP contribution in [0.3, 0.4) is 0 Å². The molecule has 1 N–H and O–H groups in total. The first-order chi connectivity index (χ1) is 12.6. The molecule has 1 aromatic heterocycles. The Morgan fingerprint density at radius 2 is 1.96 bits per heavy atom. The predicted octanol–water partition coefficient (Wildman–Crippen LogP) is 4.75. The first kappa shape index (κ1) is 18.2. The van der Waals surface area contributed by atoms with Crippen molar-refractivity contribution in [3.8, 4) is 11.6 Å². The standard InChI is InChI=1S/C21H27N3O2/c1-4-9-24(14-17-5-6-17)21(23-25)18-7-8-20(22-13-18)26-19-11-15(2)10-16(3)12-19/h7-8,10-13,17,25H,4-6,9,14H2,1-3H3/b23-21-. The molecule has 1 heterocycles. The van der Waals surface area contributed by atoms with Gasteiger partial charge in [-0.2, -0.15) is 0 Å². The summed E-state index contributed by atoms with van der Waals surface area (Å²) >= 11 is 0. The van der Waals surface area contributed by atoms with Gasteiger partial charge in [0.25, 0.3) is 0 Å². The molecule has 0 bridgehead atoms. The lowest BCUT2D eigenvalue weighted by Crippen LogP contribution is -2.34. The van der Waals surface area contributed by atoms with Crippen molar-refractivity contribution in [2.75, 3.05) is 13.1 Å². The molecule has 1 aliphatic carbocycles. The van der Waals surface area contributed by atoms with Gasteiger partial charge in [-0.1, -0.05) is 18.1 Å². The van der Waals surface area contributed by atoms with Gasteiger partial charge in [-0.15, -0.1) is 0 Å². The number of pyridine rings is 1. The van der Waals surface area contributed by atoms with E-state index in [1.54, 1.807) is 6.20 Å². The van der Waals surface area contributed by atoms with E-state index in [2.05, 4.69) is 28.0 Å². The van der Waals surface area contributed by atoms with Crippen LogP contribution in [-0.2, 0) is 0 Å². The second-order valence-corrected chi connectivity index (χ2v) is 7.12. The minimum absolute atomic E-state index is 0.528. The Balaban J connectivity index is 1.74. The number of aromatic nitrogens is 1. The maximum Gasteiger partial charge on any atom is 0.219 e. The number of aryl methyl sites for hydroxylation is 2. The second-order valence-electron chi connectivity index (χ2n) is 7.12. The Hall–Kier alpha value is -2.56. The highest BCUT2D eigenvalue weighted by Gasteiger charge is 2.26. The van der Waals surface area contributed by atoms with Crippen LogP contribution >= 0.6 is 0 Å². The molecule has 1 fully saturated rings. The highest BCUT2D eigenvalue weighted by molar-refractivity contribution is 5.98. The number of hydrogen-bond acceptors (Lipinski definition) is 4. The molecule has 2 aromatic rings. The Kier molecular flexibility index (Phi) is 5.76. The van der Waals surface area contributed by atoms with Crippen molar-refractivity contribution in [2.24, 2.45) is 11.1 Å². The Morgan fingerprint density at radius 3 is 2.50 bits per heavy atom. The fourth-order valence-corrected chi connectivity index (χ4v) is 3.15. The van der Waals surface area contributed by atoms with Gasteiger partial charge in [0.15, 0.2) is 5.84 Å². The SMILES string of the molecule is CCCN(CC1CC1)/C(=N\O)c1ccc(Oc2cc(C)cc(C)c2)nc1. The Morgan fingerprint density at radius 1 is 1.23 bits per heavy atom. The zero-order valence-electron chi connectivity index (χ0n) is 15.8. The summed E-state index contributed by atoms with van der Waals surface area (Å²) in [5.41, 5.74) is 3.11. The van der Waals surface area contributed by atoms with Crippen molar-refractivity contribution in [3.05, 3.63) is 53.2 Å². The average Bonchev–Trinajstić information content (AvgIpc) is 3.40. The molecule has 0 unspecified atom stereocenters. The molecule has 1 aromatic carbocycles. The zero-order valence-corrected chi connectivity index (χ0v) is 15.8. The summed E-state index contributed by atoms with van der Waals surface area (Å²) in [7, 11) is 0. The van der Waals surface area contributed by atoms with Crippen LogP contribution in [0.4, 0.5) is 0 Å². The largest absolute Gasteiger partial charge is 0.439 e. The number of amidine groups is 1. The van der Waals surface area contributed by atoms with Gasteiger partial charge in [0, 0.05) is 30.9 Å². The fraction of sp³-hybridized carbons (Fsp3) is 0.429. The summed E-state index contributed by atoms with van der Waals surface area (Å²) in [5, 5.41) is 13.1. The number of benzene rings is 1. The van der Waals surface area contributed by atoms with Crippen molar-refractivity contribution in [2.45, 2.75) is 40.0 Å². The van der Waals surface area contributed by atoms with Gasteiger partial charge in [-0.3, -0.25) is 0 Å². The minimum atomic E-state index is 0.528. The average molecular weight is 353 g/mol. The maximum atomic E-state index is 9.56. The molecule has 5 heteroatoms. The Labute approximate surface area is 155 Å². The highest BCUT2D eigenvalue weighted by Crippen LogP contribution is 2.30. The van der Waals surface area contributed by atoms with Gasteiger partial charge >= 0.3 is 0 Å². The van der Waals surface area contributed by atoms with Crippen molar-refractivity contribution in [3.63, 3.8) is 0 Å². The van der Waals surface area contributed by atoms with E-state index >= 15 is 0 Å². The molecule has 0 spiro atoms. The van der Waals surface area contributed by atoms with E-state index in [0.717, 1.165) is 47.9 Å². The fourth-order valence-electron chi connectivity index (χ4n) is 3.15. The third-order valence-corrected chi connectivity index (χ3v) is 4.48. The molecule has 138 valence electrons. The van der Waals surface area contributed by atoms with Gasteiger partial charge in [0.2, 0.25) is 5.88 Å². The summed E-state index contributed by atoms with van der Waals surface area (Å²) < 4.78 is 5.86. The number of rotatable bonds is 7. The molecular weight excluding hydrogens is 326 g/mol. The molecule has 1 saturated carbocycles. The lowest BCUT2D eigenvalue weighted by atomic mass is 10.1. The van der Waals surface area contributed by atoms with Crippen LogP contribution in [0, 0.1) is 19.8 Å². The molecule has 1 aliphatic rings. The van der Waals surface area contributed by atoms with Crippen molar-refractivity contribution >= 4 is 5.84 Å². The number of hydrogen-bond donors (Lipinski definition) is 1. The first-order valence-electron chi connectivity index (χ1n) is 9.28. The topological polar surface area (TPSA) is 58.0 Å². The first-order valence-corrected chi connectivity index (χ1v) is 9.28. The molecule has 0 saturated heterocycles. The van der Waals surface area contributed by atoms with E-state index in [1.807, 2.05) is 38.1 Å². The molecule has 26 heavy (non-hydrogen) atoms. The van der Waals surface area contributed by atoms with Crippen LogP contribution < -0.4 is 4.74 Å². The summed E-state index contributed by atoms with van der Waals surface area (Å²) in [5.74, 6) is 2.61. The second kappa shape index (κ2) is 8.21. The maximum absolute atomic E-state index is 9.56. The molecule has 0 atom stereocenters. The zero-order chi connectivity index (χ0) is 18.5. The predicted molar refractivity (Wildman–Crippen MR) is 103 cm³/mol. The van der Waals surface area contributed by atoms with E-state index in [1.165, 1.54) is 12.8 Å². The van der Waals surface area contributed by atoms with Crippen LogP contribution in [0.1, 0.15) is 42.9 Å². The van der Waals surface area contributed by atoms with Gasteiger partial charge in [0.1, 0.15) is 5.75 Å². The third kappa shape index (κ3) is 4.75. The molecule has 5 nitrogen and oxygen atoms in total. The van der Waals surface area contributed by atoms with E-state index in [-0.39, 0.29) is 0 Å². The normalized spacial score (nSPS) is 14.3. The monoisotopic (exact) mass is 353 g/mol. The quantitative estimate of drug-likeness (QED) is 0.338. The summed E-state index contributed by atoms with van der Waals surface area (Å²) in [6, 6.07) is 9.80. The van der Waals surface area contributed by atoms with Crippen LogP contribution in [0.15, 0.2) is 41.7 Å². The van der Waals surface area contributed by atoms with Crippen molar-refractivity contribution in [1.29, 1.82) is 0 Å². The van der Waals surface area contributed by atoms with E-state index in [4.69, 9.17) is 4.74 Å². The molecule has 3 rings (SSSR count). The van der Waals surface area contributed by atoms with Crippen LogP contribution in [0.25, 0.3) is 0 Å². The lowest BCUT2D eigenvalue weighted by Gasteiger charge is -2.24. The number of oxime groups is 1. The van der Waals surface area contributed by atoms with Gasteiger partial charge in [0.05, 0.1) is 0 Å². The summed E-state index contributed by atoms with van der Waals surface area (Å²) in [6.45, 7) is 8.03. The van der Waals surface area contributed by atoms with Crippen molar-refractivity contribution in [1.82, 2.24) is 9.88 Å². The van der Waals surface area contributed by atoms with Crippen LogP contribution in [0.2, 0.25) is 0 Å². The molecule has 0 amide bonds. The molecule has 0 radical (unpaired) electrons. The number of nitrogens with zero attached hydrogens (tertiary/aromatic N) is 3. The third-order valence-electron chi connectivity index (χ3n) is 4.48. The highest BCUT2D eigenvalue weighted by atomic mass is 16.5. The van der Waals surface area contributed by atoms with Crippen LogP contribution in [-0.4, -0.2) is 34.0 Å². The van der Waals surface area contributed by atoms with E-state index < -0.39 is 0 Å². The van der Waals surface area contributed by atoms with Gasteiger partial charge in [-0.05, 0) is 68.4 Å². The minimum Gasteiger partial charge on any atom is -0.439 e. The lowest BCUT2D eigenvalue weighted by molar-refractivity contribution is 0.297. The van der Waals surface area contributed by atoms with E-state index in [9.17, 15) is 5.21 Å². The molecular formula is C21H27N3O2. The number of ether oxygens (including phenoxy) is 1. The van der Waals surface area contributed by atoms with Gasteiger partial charge in [-0.25, -0.2) is 4.98 Å². The summed E-state index contributed by atoms with van der Waals surface area (Å²) in [6.07, 6.45) is 5.25.